The predicted molar refractivity (Wildman–Crippen MR) is 71.9 cm³/mol. The number of hydrogen-bond donors (Lipinski definition) is 1. The fraction of sp³-hybridized carbons (Fsp3) is 0.625. The molecule has 2 aliphatic rings. The highest BCUT2D eigenvalue weighted by atomic mass is 14.9. The Morgan fingerprint density at radius 1 is 1.18 bits per heavy atom. The summed E-state index contributed by atoms with van der Waals surface area (Å²) in [5, 5.41) is 3.55. The summed E-state index contributed by atoms with van der Waals surface area (Å²) in [5.74, 6) is 2.97. The highest BCUT2D eigenvalue weighted by molar-refractivity contribution is 5.27. The Bertz CT molecular complexity index is 371. The Morgan fingerprint density at radius 2 is 1.82 bits per heavy atom. The van der Waals surface area contributed by atoms with Crippen LogP contribution in [0.4, 0.5) is 0 Å². The van der Waals surface area contributed by atoms with E-state index in [1.165, 1.54) is 30.4 Å². The van der Waals surface area contributed by atoms with E-state index in [4.69, 9.17) is 0 Å². The van der Waals surface area contributed by atoms with Crippen LogP contribution >= 0.6 is 0 Å². The van der Waals surface area contributed by atoms with Crippen molar-refractivity contribution < 1.29 is 0 Å². The van der Waals surface area contributed by atoms with E-state index in [0.717, 1.165) is 24.2 Å². The minimum atomic E-state index is 0.594. The predicted octanol–water partition coefficient (Wildman–Crippen LogP) is 3.56. The van der Waals surface area contributed by atoms with Crippen molar-refractivity contribution in [3.63, 3.8) is 0 Å². The Labute approximate surface area is 105 Å². The van der Waals surface area contributed by atoms with Gasteiger partial charge in [0.2, 0.25) is 0 Å². The Balaban J connectivity index is 1.76. The molecular formula is C16H23N. The van der Waals surface area contributed by atoms with Crippen LogP contribution in [0, 0.1) is 17.8 Å². The number of benzene rings is 1. The maximum atomic E-state index is 3.55. The second-order valence-electron chi connectivity index (χ2n) is 5.70. The molecule has 3 rings (SSSR count). The molecule has 3 unspecified atom stereocenters. The second kappa shape index (κ2) is 4.45. The summed E-state index contributed by atoms with van der Waals surface area (Å²) in [6.07, 6.45) is 5.55. The lowest BCUT2D eigenvalue weighted by atomic mass is 9.96. The summed E-state index contributed by atoms with van der Waals surface area (Å²) in [6.45, 7) is 2.22. The van der Waals surface area contributed by atoms with Crippen molar-refractivity contribution in [3.8, 4) is 0 Å². The van der Waals surface area contributed by atoms with Gasteiger partial charge in [-0.15, -0.1) is 0 Å². The van der Waals surface area contributed by atoms with Gasteiger partial charge in [0, 0.05) is 6.04 Å². The first-order valence-corrected chi connectivity index (χ1v) is 7.11. The molecule has 2 saturated carbocycles. The molecule has 0 radical (unpaired) electrons. The normalized spacial score (nSPS) is 32.2. The molecule has 2 fully saturated rings. The van der Waals surface area contributed by atoms with Gasteiger partial charge in [-0.3, -0.25) is 0 Å². The molecule has 0 aliphatic heterocycles. The standard InChI is InChI=1S/C16H23N/c1-3-11-7-9-12(10-8-11)16(17-2)15-13-5-4-6-14(13)15/h7-10,13-17H,3-6H2,1-2H3. The fourth-order valence-electron chi connectivity index (χ4n) is 3.91. The fourth-order valence-corrected chi connectivity index (χ4v) is 3.91. The van der Waals surface area contributed by atoms with Gasteiger partial charge in [-0.05, 0) is 55.2 Å². The van der Waals surface area contributed by atoms with Crippen molar-refractivity contribution in [1.82, 2.24) is 5.32 Å². The lowest BCUT2D eigenvalue weighted by Gasteiger charge is -2.19. The Kier molecular flexibility index (Phi) is 2.96. The average Bonchev–Trinajstić information content (AvgIpc) is 2.85. The van der Waals surface area contributed by atoms with Crippen LogP contribution in [0.2, 0.25) is 0 Å². The van der Waals surface area contributed by atoms with Gasteiger partial charge in [0.25, 0.3) is 0 Å². The highest BCUT2D eigenvalue weighted by Gasteiger charge is 2.55. The molecule has 3 atom stereocenters. The summed E-state index contributed by atoms with van der Waals surface area (Å²) < 4.78 is 0. The van der Waals surface area contributed by atoms with Gasteiger partial charge in [0.1, 0.15) is 0 Å². The molecule has 0 saturated heterocycles. The van der Waals surface area contributed by atoms with Gasteiger partial charge in [0.05, 0.1) is 0 Å². The van der Waals surface area contributed by atoms with Crippen LogP contribution in [0.5, 0.6) is 0 Å². The molecule has 0 spiro atoms. The molecule has 92 valence electrons. The largest absolute Gasteiger partial charge is 0.313 e. The minimum absolute atomic E-state index is 0.594. The molecule has 0 amide bonds. The van der Waals surface area contributed by atoms with E-state index in [-0.39, 0.29) is 0 Å². The molecule has 1 nitrogen and oxygen atoms in total. The van der Waals surface area contributed by atoms with E-state index in [1.807, 2.05) is 0 Å². The van der Waals surface area contributed by atoms with Gasteiger partial charge in [-0.25, -0.2) is 0 Å². The lowest BCUT2D eigenvalue weighted by Crippen LogP contribution is -2.20. The maximum Gasteiger partial charge on any atom is 0.0351 e. The van der Waals surface area contributed by atoms with Gasteiger partial charge in [-0.1, -0.05) is 37.6 Å². The summed E-state index contributed by atoms with van der Waals surface area (Å²) in [6, 6.07) is 9.83. The first kappa shape index (κ1) is 11.3. The van der Waals surface area contributed by atoms with Gasteiger partial charge < -0.3 is 5.32 Å². The molecule has 0 heterocycles. The second-order valence-corrected chi connectivity index (χ2v) is 5.70. The molecule has 1 aromatic carbocycles. The lowest BCUT2D eigenvalue weighted by molar-refractivity contribution is 0.444. The number of rotatable bonds is 4. The first-order chi connectivity index (χ1) is 8.35. The summed E-state index contributed by atoms with van der Waals surface area (Å²) in [7, 11) is 2.12. The summed E-state index contributed by atoms with van der Waals surface area (Å²) in [5.41, 5.74) is 2.93. The van der Waals surface area contributed by atoms with Crippen molar-refractivity contribution in [2.75, 3.05) is 7.05 Å². The molecule has 0 aromatic heterocycles. The minimum Gasteiger partial charge on any atom is -0.313 e. The van der Waals surface area contributed by atoms with Gasteiger partial charge in [-0.2, -0.15) is 0 Å². The van der Waals surface area contributed by atoms with Crippen LogP contribution in [0.25, 0.3) is 0 Å². The zero-order valence-corrected chi connectivity index (χ0v) is 10.9. The number of nitrogens with one attached hydrogen (secondary N) is 1. The van der Waals surface area contributed by atoms with Crippen molar-refractivity contribution in [2.24, 2.45) is 17.8 Å². The van der Waals surface area contributed by atoms with Crippen molar-refractivity contribution in [2.45, 2.75) is 38.6 Å². The van der Waals surface area contributed by atoms with Crippen molar-refractivity contribution >= 4 is 0 Å². The molecule has 2 aliphatic carbocycles. The molecular weight excluding hydrogens is 206 g/mol. The zero-order chi connectivity index (χ0) is 11.8. The van der Waals surface area contributed by atoms with E-state index in [1.54, 1.807) is 0 Å². The zero-order valence-electron chi connectivity index (χ0n) is 10.9. The molecule has 17 heavy (non-hydrogen) atoms. The van der Waals surface area contributed by atoms with Crippen LogP contribution < -0.4 is 5.32 Å². The van der Waals surface area contributed by atoms with Crippen LogP contribution in [0.3, 0.4) is 0 Å². The van der Waals surface area contributed by atoms with Crippen LogP contribution in [0.1, 0.15) is 43.4 Å². The van der Waals surface area contributed by atoms with Gasteiger partial charge in [0.15, 0.2) is 0 Å². The third kappa shape index (κ3) is 1.91. The van der Waals surface area contributed by atoms with E-state index < -0.39 is 0 Å². The average molecular weight is 229 g/mol. The maximum absolute atomic E-state index is 3.55. The molecule has 1 aromatic rings. The van der Waals surface area contributed by atoms with Crippen LogP contribution in [0.15, 0.2) is 24.3 Å². The topological polar surface area (TPSA) is 12.0 Å². The van der Waals surface area contributed by atoms with Crippen molar-refractivity contribution in [1.29, 1.82) is 0 Å². The third-order valence-corrected chi connectivity index (χ3v) is 4.92. The van der Waals surface area contributed by atoms with Crippen molar-refractivity contribution in [3.05, 3.63) is 35.4 Å². The van der Waals surface area contributed by atoms with Crippen LogP contribution in [-0.4, -0.2) is 7.05 Å². The third-order valence-electron chi connectivity index (χ3n) is 4.92. The Morgan fingerprint density at radius 3 is 2.35 bits per heavy atom. The summed E-state index contributed by atoms with van der Waals surface area (Å²) >= 11 is 0. The first-order valence-electron chi connectivity index (χ1n) is 7.11. The van der Waals surface area contributed by atoms with E-state index in [9.17, 15) is 0 Å². The van der Waals surface area contributed by atoms with Crippen LogP contribution in [-0.2, 0) is 6.42 Å². The SMILES string of the molecule is CCc1ccc(C(NC)C2C3CCCC32)cc1. The molecule has 1 heteroatoms. The van der Waals surface area contributed by atoms with Gasteiger partial charge >= 0.3 is 0 Å². The number of aryl methyl sites for hydroxylation is 1. The smallest absolute Gasteiger partial charge is 0.0351 e. The monoisotopic (exact) mass is 229 g/mol. The van der Waals surface area contributed by atoms with E-state index >= 15 is 0 Å². The summed E-state index contributed by atoms with van der Waals surface area (Å²) in [4.78, 5) is 0. The van der Waals surface area contributed by atoms with E-state index in [2.05, 4.69) is 43.6 Å². The quantitative estimate of drug-likeness (QED) is 0.832. The highest BCUT2D eigenvalue weighted by Crippen LogP contribution is 2.62. The number of hydrogen-bond acceptors (Lipinski definition) is 1. The number of fused-ring (bicyclic) bond motifs is 1. The molecule has 1 N–H and O–H groups in total. The Hall–Kier alpha value is -0.820. The molecule has 0 bridgehead atoms. The van der Waals surface area contributed by atoms with E-state index in [0.29, 0.717) is 6.04 Å².